The van der Waals surface area contributed by atoms with Gasteiger partial charge in [0, 0.05) is 30.0 Å². The van der Waals surface area contributed by atoms with Crippen molar-refractivity contribution in [2.24, 2.45) is 5.92 Å². The zero-order valence-electron chi connectivity index (χ0n) is 14.9. The monoisotopic (exact) mass is 355 g/mol. The third-order valence-corrected chi connectivity index (χ3v) is 4.94. The van der Waals surface area contributed by atoms with E-state index in [9.17, 15) is 14.0 Å². The summed E-state index contributed by atoms with van der Waals surface area (Å²) in [7, 11) is 0. The maximum absolute atomic E-state index is 13.0. The van der Waals surface area contributed by atoms with Gasteiger partial charge in [0.05, 0.1) is 13.1 Å². The van der Waals surface area contributed by atoms with E-state index < -0.39 is 0 Å². The number of piperidine rings is 1. The molecule has 4 nitrogen and oxygen atoms in total. The fraction of sp³-hybridized carbons (Fsp3) is 0.333. The Hall–Kier alpha value is -2.53. The van der Waals surface area contributed by atoms with Gasteiger partial charge in [-0.05, 0) is 43.3 Å². The Bertz CT molecular complexity index is 764. The molecule has 1 aliphatic rings. The second-order valence-electron chi connectivity index (χ2n) is 6.99. The van der Waals surface area contributed by atoms with Crippen LogP contribution in [-0.4, -0.2) is 31.3 Å². The molecule has 1 fully saturated rings. The number of halogens is 1. The number of rotatable bonds is 5. The number of Topliss-reactive ketones (excluding diaryl/α,β-unsaturated/α-hetero) is 1. The first kappa shape index (κ1) is 18.3. The summed E-state index contributed by atoms with van der Waals surface area (Å²) < 4.78 is 13.0. The molecule has 1 saturated heterocycles. The number of anilines is 1. The lowest BCUT2D eigenvalue weighted by molar-refractivity contribution is -0.897. The minimum absolute atomic E-state index is 0.00726. The van der Waals surface area contributed by atoms with Crippen molar-refractivity contribution in [3.05, 3.63) is 65.5 Å². The lowest BCUT2D eigenvalue weighted by atomic mass is 9.89. The maximum Gasteiger partial charge on any atom is 0.279 e. The van der Waals surface area contributed by atoms with Crippen molar-refractivity contribution < 1.29 is 18.9 Å². The van der Waals surface area contributed by atoms with E-state index in [1.807, 2.05) is 31.2 Å². The van der Waals surface area contributed by atoms with Crippen molar-refractivity contribution in [3.8, 4) is 0 Å². The van der Waals surface area contributed by atoms with Gasteiger partial charge >= 0.3 is 0 Å². The number of benzene rings is 2. The van der Waals surface area contributed by atoms with Crippen molar-refractivity contribution in [1.82, 2.24) is 0 Å². The number of likely N-dealkylation sites (tertiary alicyclic amines) is 1. The molecule has 0 atom stereocenters. The summed E-state index contributed by atoms with van der Waals surface area (Å²) >= 11 is 0. The smallest absolute Gasteiger partial charge is 0.279 e. The molecule has 0 radical (unpaired) electrons. The molecular formula is C21H24FN2O2+. The van der Waals surface area contributed by atoms with Crippen LogP contribution < -0.4 is 10.2 Å². The number of hydrogen-bond donors (Lipinski definition) is 2. The molecular weight excluding hydrogens is 331 g/mol. The van der Waals surface area contributed by atoms with Crippen LogP contribution in [0.3, 0.4) is 0 Å². The normalized spacial score (nSPS) is 19.8. The summed E-state index contributed by atoms with van der Waals surface area (Å²) in [6, 6.07) is 13.5. The molecule has 5 heteroatoms. The number of aryl methyl sites for hydroxylation is 1. The Balaban J connectivity index is 1.47. The Morgan fingerprint density at radius 2 is 1.65 bits per heavy atom. The molecule has 1 amide bonds. The quantitative estimate of drug-likeness (QED) is 0.809. The summed E-state index contributed by atoms with van der Waals surface area (Å²) in [5, 5.41) is 2.92. The molecule has 3 rings (SSSR count). The summed E-state index contributed by atoms with van der Waals surface area (Å²) in [5.74, 6) is -0.301. The van der Waals surface area contributed by atoms with Gasteiger partial charge in [0.1, 0.15) is 5.82 Å². The topological polar surface area (TPSA) is 50.6 Å². The van der Waals surface area contributed by atoms with E-state index >= 15 is 0 Å². The van der Waals surface area contributed by atoms with Crippen LogP contribution in [0.1, 0.15) is 28.8 Å². The molecule has 136 valence electrons. The van der Waals surface area contributed by atoms with Gasteiger partial charge in [0.2, 0.25) is 0 Å². The Labute approximate surface area is 153 Å². The van der Waals surface area contributed by atoms with Gasteiger partial charge in [-0.15, -0.1) is 0 Å². The molecule has 0 aromatic heterocycles. The van der Waals surface area contributed by atoms with Crippen LogP contribution in [0.4, 0.5) is 10.1 Å². The van der Waals surface area contributed by atoms with E-state index in [-0.39, 0.29) is 23.4 Å². The fourth-order valence-electron chi connectivity index (χ4n) is 3.38. The highest BCUT2D eigenvalue weighted by Crippen LogP contribution is 2.17. The predicted molar refractivity (Wildman–Crippen MR) is 98.8 cm³/mol. The Morgan fingerprint density at radius 1 is 1.04 bits per heavy atom. The highest BCUT2D eigenvalue weighted by atomic mass is 19.1. The van der Waals surface area contributed by atoms with Crippen LogP contribution in [0.25, 0.3) is 0 Å². The van der Waals surface area contributed by atoms with Gasteiger partial charge in [-0.25, -0.2) is 4.39 Å². The van der Waals surface area contributed by atoms with Crippen molar-refractivity contribution in [1.29, 1.82) is 0 Å². The molecule has 0 unspecified atom stereocenters. The lowest BCUT2D eigenvalue weighted by Crippen LogP contribution is -3.14. The number of amides is 1. The van der Waals surface area contributed by atoms with Crippen LogP contribution in [-0.2, 0) is 4.79 Å². The Kier molecular flexibility index (Phi) is 5.78. The van der Waals surface area contributed by atoms with Crippen LogP contribution in [0.15, 0.2) is 48.5 Å². The summed E-state index contributed by atoms with van der Waals surface area (Å²) in [6.45, 7) is 4.00. The minimum Gasteiger partial charge on any atom is -0.327 e. The van der Waals surface area contributed by atoms with Crippen LogP contribution in [0, 0.1) is 18.7 Å². The molecule has 0 saturated carbocycles. The van der Waals surface area contributed by atoms with Gasteiger partial charge in [0.15, 0.2) is 12.3 Å². The number of ketones is 1. The molecule has 1 aliphatic heterocycles. The SMILES string of the molecule is Cc1ccc(NC(=O)C[NH+]2CCC(C(=O)c3ccc(F)cc3)CC2)cc1. The zero-order valence-corrected chi connectivity index (χ0v) is 14.9. The van der Waals surface area contributed by atoms with Crippen LogP contribution in [0.5, 0.6) is 0 Å². The van der Waals surface area contributed by atoms with E-state index in [1.165, 1.54) is 17.0 Å². The van der Waals surface area contributed by atoms with Crippen LogP contribution >= 0.6 is 0 Å². The second kappa shape index (κ2) is 8.23. The maximum atomic E-state index is 13.0. The molecule has 0 aliphatic carbocycles. The highest BCUT2D eigenvalue weighted by molar-refractivity contribution is 5.97. The molecule has 0 spiro atoms. The standard InChI is InChI=1S/C21H23FN2O2/c1-15-2-8-19(9-3-15)23-20(25)14-24-12-10-17(11-13-24)21(26)16-4-6-18(22)7-5-16/h2-9,17H,10-14H2,1H3,(H,23,25)/p+1. The van der Waals surface area contributed by atoms with Crippen LogP contribution in [0.2, 0.25) is 0 Å². The first-order valence-electron chi connectivity index (χ1n) is 9.01. The molecule has 0 bridgehead atoms. The number of carbonyl (C=O) groups is 2. The number of nitrogens with one attached hydrogen (secondary N) is 2. The molecule has 2 N–H and O–H groups in total. The molecule has 2 aromatic rings. The summed E-state index contributed by atoms with van der Waals surface area (Å²) in [5.41, 5.74) is 2.53. The predicted octanol–water partition coefficient (Wildman–Crippen LogP) is 2.25. The van der Waals surface area contributed by atoms with E-state index in [1.54, 1.807) is 12.1 Å². The van der Waals surface area contributed by atoms with Crippen molar-refractivity contribution >= 4 is 17.4 Å². The first-order valence-corrected chi connectivity index (χ1v) is 9.01. The van der Waals surface area contributed by atoms with Gasteiger partial charge in [0.25, 0.3) is 5.91 Å². The van der Waals surface area contributed by atoms with Crippen molar-refractivity contribution in [2.75, 3.05) is 25.0 Å². The average molecular weight is 355 g/mol. The van der Waals surface area contributed by atoms with Gasteiger partial charge in [-0.1, -0.05) is 17.7 Å². The fourth-order valence-corrected chi connectivity index (χ4v) is 3.38. The number of carbonyl (C=O) groups excluding carboxylic acids is 2. The summed E-state index contributed by atoms with van der Waals surface area (Å²) in [4.78, 5) is 25.9. The van der Waals surface area contributed by atoms with E-state index in [0.29, 0.717) is 12.1 Å². The van der Waals surface area contributed by atoms with E-state index in [2.05, 4.69) is 5.32 Å². The number of hydrogen-bond acceptors (Lipinski definition) is 2. The highest BCUT2D eigenvalue weighted by Gasteiger charge is 2.29. The average Bonchev–Trinajstić information content (AvgIpc) is 2.64. The largest absolute Gasteiger partial charge is 0.327 e. The second-order valence-corrected chi connectivity index (χ2v) is 6.99. The third kappa shape index (κ3) is 4.76. The van der Waals surface area contributed by atoms with Gasteiger partial charge in [-0.2, -0.15) is 0 Å². The third-order valence-electron chi connectivity index (χ3n) is 4.94. The molecule has 1 heterocycles. The van der Waals surface area contributed by atoms with Crippen molar-refractivity contribution in [3.63, 3.8) is 0 Å². The van der Waals surface area contributed by atoms with E-state index in [4.69, 9.17) is 0 Å². The lowest BCUT2D eigenvalue weighted by Gasteiger charge is -2.28. The first-order chi connectivity index (χ1) is 12.5. The summed E-state index contributed by atoms with van der Waals surface area (Å²) in [6.07, 6.45) is 1.51. The number of quaternary nitrogens is 1. The van der Waals surface area contributed by atoms with E-state index in [0.717, 1.165) is 37.2 Å². The zero-order chi connectivity index (χ0) is 18.5. The Morgan fingerprint density at radius 3 is 2.27 bits per heavy atom. The van der Waals surface area contributed by atoms with Gasteiger partial charge in [-0.3, -0.25) is 9.59 Å². The molecule has 26 heavy (non-hydrogen) atoms. The molecule has 2 aromatic carbocycles. The minimum atomic E-state index is -0.333. The van der Waals surface area contributed by atoms with Crippen molar-refractivity contribution in [2.45, 2.75) is 19.8 Å². The van der Waals surface area contributed by atoms with Gasteiger partial charge < -0.3 is 10.2 Å².